The van der Waals surface area contributed by atoms with Crippen LogP contribution in [0.4, 0.5) is 0 Å². The first-order valence-corrected chi connectivity index (χ1v) is 8.03. The third-order valence-corrected chi connectivity index (χ3v) is 4.04. The second-order valence-corrected chi connectivity index (χ2v) is 6.88. The zero-order valence-corrected chi connectivity index (χ0v) is 14.2. The summed E-state index contributed by atoms with van der Waals surface area (Å²) in [7, 11) is 0. The maximum atomic E-state index is 6.07. The Morgan fingerprint density at radius 1 is 1.09 bits per heavy atom. The molecule has 0 N–H and O–H groups in total. The van der Waals surface area contributed by atoms with Crippen LogP contribution >= 0.6 is 0 Å². The lowest BCUT2D eigenvalue weighted by atomic mass is 10.0. The van der Waals surface area contributed by atoms with Gasteiger partial charge in [-0.1, -0.05) is 12.2 Å². The Morgan fingerprint density at radius 2 is 1.87 bits per heavy atom. The highest BCUT2D eigenvalue weighted by atomic mass is 16.8. The van der Waals surface area contributed by atoms with Gasteiger partial charge in [0, 0.05) is 0 Å². The van der Waals surface area contributed by atoms with Gasteiger partial charge in [0.25, 0.3) is 0 Å². The van der Waals surface area contributed by atoms with Crippen molar-refractivity contribution in [3.8, 4) is 0 Å². The minimum Gasteiger partial charge on any atom is -0.373 e. The van der Waals surface area contributed by atoms with E-state index in [1.807, 2.05) is 33.8 Å². The first-order valence-electron chi connectivity index (χ1n) is 8.03. The molecule has 0 spiro atoms. The van der Waals surface area contributed by atoms with Gasteiger partial charge >= 0.3 is 0 Å². The molecule has 3 heterocycles. The van der Waals surface area contributed by atoms with Gasteiger partial charge in [-0.3, -0.25) is 0 Å². The first-order chi connectivity index (χ1) is 10.8. The molecule has 0 saturated carbocycles. The van der Waals surface area contributed by atoms with Crippen molar-refractivity contribution in [1.29, 1.82) is 0 Å². The van der Waals surface area contributed by atoms with Crippen molar-refractivity contribution >= 4 is 0 Å². The Labute approximate surface area is 137 Å². The van der Waals surface area contributed by atoms with Crippen LogP contribution in [-0.4, -0.2) is 56.0 Å². The summed E-state index contributed by atoms with van der Waals surface area (Å²) < 4.78 is 35.0. The summed E-state index contributed by atoms with van der Waals surface area (Å²) in [6.07, 6.45) is 2.62. The topological polar surface area (TPSA) is 55.4 Å². The Hall–Kier alpha value is -0.760. The Bertz CT molecular complexity index is 483. The molecule has 0 bridgehead atoms. The maximum absolute atomic E-state index is 6.07. The highest BCUT2D eigenvalue weighted by Gasteiger charge is 2.55. The van der Waals surface area contributed by atoms with Crippen molar-refractivity contribution in [2.24, 2.45) is 0 Å². The lowest BCUT2D eigenvalue weighted by Gasteiger charge is -2.25. The molecule has 0 amide bonds. The van der Waals surface area contributed by atoms with Crippen LogP contribution in [0.2, 0.25) is 0 Å². The Morgan fingerprint density at radius 3 is 2.52 bits per heavy atom. The standard InChI is InChI=1S/C17H26O6/c1-6-8-18-9-7-11-13(12-10-19-16(2,3)21-12)20-15-14(11)22-17(4,5)23-15/h6-7,12-15H,1,8-10H2,2-5H3/b11-7-/t12-,13+,14-,15-/m1/s1. The molecule has 23 heavy (non-hydrogen) atoms. The molecule has 3 saturated heterocycles. The number of fused-ring (bicyclic) bond motifs is 1. The van der Waals surface area contributed by atoms with Crippen LogP contribution < -0.4 is 0 Å². The van der Waals surface area contributed by atoms with Crippen LogP contribution in [0.25, 0.3) is 0 Å². The second-order valence-electron chi connectivity index (χ2n) is 6.88. The average Bonchev–Trinajstić information content (AvgIpc) is 3.05. The molecule has 3 rings (SSSR count). The summed E-state index contributed by atoms with van der Waals surface area (Å²) in [5.74, 6) is -1.26. The quantitative estimate of drug-likeness (QED) is 0.570. The van der Waals surface area contributed by atoms with E-state index in [1.54, 1.807) is 6.08 Å². The van der Waals surface area contributed by atoms with Crippen LogP contribution in [0.15, 0.2) is 24.3 Å². The maximum Gasteiger partial charge on any atom is 0.191 e. The number of hydrogen-bond donors (Lipinski definition) is 0. The van der Waals surface area contributed by atoms with Crippen molar-refractivity contribution in [2.75, 3.05) is 19.8 Å². The third-order valence-electron chi connectivity index (χ3n) is 4.04. The lowest BCUT2D eigenvalue weighted by molar-refractivity contribution is -0.215. The molecule has 3 fully saturated rings. The van der Waals surface area contributed by atoms with Crippen molar-refractivity contribution < 1.29 is 28.4 Å². The van der Waals surface area contributed by atoms with Gasteiger partial charge < -0.3 is 28.4 Å². The smallest absolute Gasteiger partial charge is 0.191 e. The molecule has 3 aliphatic heterocycles. The molecule has 0 aromatic rings. The highest BCUT2D eigenvalue weighted by molar-refractivity contribution is 5.24. The van der Waals surface area contributed by atoms with Crippen molar-refractivity contribution in [3.63, 3.8) is 0 Å². The normalized spacial score (nSPS) is 39.7. The molecular weight excluding hydrogens is 300 g/mol. The summed E-state index contributed by atoms with van der Waals surface area (Å²) >= 11 is 0. The average molecular weight is 326 g/mol. The van der Waals surface area contributed by atoms with Crippen LogP contribution in [0.5, 0.6) is 0 Å². The Balaban J connectivity index is 1.75. The van der Waals surface area contributed by atoms with E-state index in [-0.39, 0.29) is 18.3 Å². The van der Waals surface area contributed by atoms with Gasteiger partial charge in [-0.05, 0) is 33.3 Å². The fourth-order valence-electron chi connectivity index (χ4n) is 3.15. The fourth-order valence-corrected chi connectivity index (χ4v) is 3.15. The van der Waals surface area contributed by atoms with Gasteiger partial charge in [0.15, 0.2) is 17.9 Å². The number of rotatable bonds is 5. The largest absolute Gasteiger partial charge is 0.373 e. The van der Waals surface area contributed by atoms with E-state index in [0.29, 0.717) is 19.8 Å². The van der Waals surface area contributed by atoms with E-state index < -0.39 is 17.9 Å². The minimum atomic E-state index is -0.659. The van der Waals surface area contributed by atoms with Crippen molar-refractivity contribution in [1.82, 2.24) is 0 Å². The number of hydrogen-bond acceptors (Lipinski definition) is 6. The summed E-state index contributed by atoms with van der Waals surface area (Å²) in [4.78, 5) is 0. The van der Waals surface area contributed by atoms with Crippen LogP contribution in [0.3, 0.4) is 0 Å². The molecular formula is C17H26O6. The molecule has 6 heteroatoms. The summed E-state index contributed by atoms with van der Waals surface area (Å²) in [6.45, 7) is 12.6. The van der Waals surface area contributed by atoms with Crippen molar-refractivity contribution in [3.05, 3.63) is 24.3 Å². The molecule has 0 aromatic carbocycles. The summed E-state index contributed by atoms with van der Waals surface area (Å²) in [5.41, 5.74) is 0.996. The predicted molar refractivity (Wildman–Crippen MR) is 82.7 cm³/mol. The zero-order chi connectivity index (χ0) is 16.7. The van der Waals surface area contributed by atoms with Gasteiger partial charge in [-0.2, -0.15) is 0 Å². The van der Waals surface area contributed by atoms with Gasteiger partial charge in [0.1, 0.15) is 18.3 Å². The minimum absolute atomic E-state index is 0.184. The molecule has 6 nitrogen and oxygen atoms in total. The first kappa shape index (κ1) is 17.1. The lowest BCUT2D eigenvalue weighted by Crippen LogP contribution is -2.35. The van der Waals surface area contributed by atoms with E-state index in [1.165, 1.54) is 0 Å². The van der Waals surface area contributed by atoms with Crippen LogP contribution in [0, 0.1) is 0 Å². The number of ether oxygens (including phenoxy) is 6. The van der Waals surface area contributed by atoms with Gasteiger partial charge in [-0.25, -0.2) is 0 Å². The SMILES string of the molecule is C=CCOC/C=C1\[C@H]2OC(C)(C)O[C@H]2O[C@@H]1[C@H]1COC(C)(C)O1. The Kier molecular flexibility index (Phi) is 4.66. The van der Waals surface area contributed by atoms with Crippen LogP contribution in [0.1, 0.15) is 27.7 Å². The molecule has 3 aliphatic rings. The molecule has 130 valence electrons. The molecule has 0 aliphatic carbocycles. The van der Waals surface area contributed by atoms with E-state index in [4.69, 9.17) is 28.4 Å². The predicted octanol–water partition coefficient (Wildman–Crippen LogP) is 2.14. The molecule has 4 atom stereocenters. The van der Waals surface area contributed by atoms with E-state index in [9.17, 15) is 0 Å². The third kappa shape index (κ3) is 3.68. The molecule has 0 unspecified atom stereocenters. The van der Waals surface area contributed by atoms with Gasteiger partial charge in [0.05, 0.1) is 19.8 Å². The summed E-state index contributed by atoms with van der Waals surface area (Å²) in [5, 5.41) is 0. The van der Waals surface area contributed by atoms with Crippen molar-refractivity contribution in [2.45, 2.75) is 63.9 Å². The second kappa shape index (κ2) is 6.27. The fraction of sp³-hybridized carbons (Fsp3) is 0.765. The van der Waals surface area contributed by atoms with E-state index in [0.717, 1.165) is 5.57 Å². The highest BCUT2D eigenvalue weighted by Crippen LogP contribution is 2.43. The zero-order valence-electron chi connectivity index (χ0n) is 14.2. The van der Waals surface area contributed by atoms with E-state index in [2.05, 4.69) is 6.58 Å². The summed E-state index contributed by atoms with van der Waals surface area (Å²) in [6, 6.07) is 0. The molecule has 0 aromatic heterocycles. The van der Waals surface area contributed by atoms with E-state index >= 15 is 0 Å². The van der Waals surface area contributed by atoms with Gasteiger partial charge in [0.2, 0.25) is 0 Å². The van der Waals surface area contributed by atoms with Gasteiger partial charge in [-0.15, -0.1) is 6.58 Å². The molecule has 0 radical (unpaired) electrons. The monoisotopic (exact) mass is 326 g/mol. The van der Waals surface area contributed by atoms with Crippen LogP contribution in [-0.2, 0) is 28.4 Å².